The van der Waals surface area contributed by atoms with Gasteiger partial charge in [0.1, 0.15) is 0 Å². The normalized spacial score (nSPS) is 17.0. The maximum Gasteiger partial charge on any atom is 0.416 e. The first kappa shape index (κ1) is 19.3. The lowest BCUT2D eigenvalue weighted by Crippen LogP contribution is -2.38. The largest absolute Gasteiger partial charge is 0.449 e. The highest BCUT2D eigenvalue weighted by Gasteiger charge is 2.31. The van der Waals surface area contributed by atoms with Gasteiger partial charge in [0.05, 0.1) is 11.1 Å². The first-order chi connectivity index (χ1) is 11.8. The second kappa shape index (κ2) is 8.36. The fourth-order valence-corrected chi connectivity index (χ4v) is 2.88. The molecule has 0 aliphatic heterocycles. The summed E-state index contributed by atoms with van der Waals surface area (Å²) in [5, 5.41) is 2.75. The van der Waals surface area contributed by atoms with Gasteiger partial charge in [-0.15, -0.1) is 0 Å². The lowest BCUT2D eigenvalue weighted by Gasteiger charge is -2.22. The molecular weight excluding hydrogens is 335 g/mol. The molecule has 1 amide bonds. The van der Waals surface area contributed by atoms with Crippen LogP contribution >= 0.6 is 0 Å². The van der Waals surface area contributed by atoms with Gasteiger partial charge in [-0.1, -0.05) is 25.3 Å². The van der Waals surface area contributed by atoms with Gasteiger partial charge in [-0.25, -0.2) is 4.79 Å². The molecule has 2 rings (SSSR count). The number of benzene rings is 1. The fraction of sp³-hybridized carbons (Fsp3) is 0.556. The molecule has 0 heterocycles. The minimum atomic E-state index is -4.54. The molecule has 0 spiro atoms. The van der Waals surface area contributed by atoms with Crippen molar-refractivity contribution in [1.29, 1.82) is 0 Å². The third-order valence-electron chi connectivity index (χ3n) is 4.37. The molecule has 138 valence electrons. The molecule has 1 fully saturated rings. The van der Waals surface area contributed by atoms with Crippen LogP contribution in [-0.4, -0.2) is 24.5 Å². The molecule has 1 aromatic rings. The molecule has 1 aliphatic carbocycles. The van der Waals surface area contributed by atoms with Gasteiger partial charge in [0.25, 0.3) is 5.91 Å². The standard InChI is InChI=1S/C18H22F3NO3/c1-12(16(23)22-11-13-6-3-2-4-7-13)25-17(24)14-8-5-9-15(10-14)18(19,20)21/h5,8-10,12-13H,2-4,6-7,11H2,1H3,(H,22,23)/t12-/m1/s1. The molecule has 1 saturated carbocycles. The van der Waals surface area contributed by atoms with E-state index >= 15 is 0 Å². The van der Waals surface area contributed by atoms with Crippen LogP contribution in [0.3, 0.4) is 0 Å². The quantitative estimate of drug-likeness (QED) is 0.812. The summed E-state index contributed by atoms with van der Waals surface area (Å²) in [5.74, 6) is -0.957. The Hall–Kier alpha value is -2.05. The van der Waals surface area contributed by atoms with Crippen molar-refractivity contribution in [3.63, 3.8) is 0 Å². The van der Waals surface area contributed by atoms with Crippen LogP contribution in [0.1, 0.15) is 54.9 Å². The Morgan fingerprint density at radius 3 is 2.56 bits per heavy atom. The number of amides is 1. The number of rotatable bonds is 5. The van der Waals surface area contributed by atoms with Crippen LogP contribution in [0.5, 0.6) is 0 Å². The number of hydrogen-bond donors (Lipinski definition) is 1. The zero-order valence-corrected chi connectivity index (χ0v) is 14.1. The van der Waals surface area contributed by atoms with E-state index in [1.807, 2.05) is 0 Å². The SMILES string of the molecule is C[C@@H](OC(=O)c1cccc(C(F)(F)F)c1)C(=O)NCC1CCCCC1. The number of carbonyl (C=O) groups is 2. The van der Waals surface area contributed by atoms with Crippen LogP contribution in [0.15, 0.2) is 24.3 Å². The molecule has 0 aromatic heterocycles. The van der Waals surface area contributed by atoms with E-state index in [1.165, 1.54) is 19.4 Å². The molecule has 1 aliphatic rings. The minimum Gasteiger partial charge on any atom is -0.449 e. The molecule has 7 heteroatoms. The second-order valence-corrected chi connectivity index (χ2v) is 6.38. The monoisotopic (exact) mass is 357 g/mol. The summed E-state index contributed by atoms with van der Waals surface area (Å²) in [7, 11) is 0. The van der Waals surface area contributed by atoms with Crippen molar-refractivity contribution >= 4 is 11.9 Å². The van der Waals surface area contributed by atoms with Crippen molar-refractivity contribution in [2.75, 3.05) is 6.54 Å². The number of alkyl halides is 3. The molecular formula is C18H22F3NO3. The van der Waals surface area contributed by atoms with E-state index < -0.39 is 29.7 Å². The predicted octanol–water partition coefficient (Wildman–Crippen LogP) is 3.95. The minimum absolute atomic E-state index is 0.234. The Bertz CT molecular complexity index is 610. The molecule has 1 N–H and O–H groups in total. The highest BCUT2D eigenvalue weighted by molar-refractivity contribution is 5.92. The summed E-state index contributed by atoms with van der Waals surface area (Å²) >= 11 is 0. The van der Waals surface area contributed by atoms with Crippen molar-refractivity contribution in [2.24, 2.45) is 5.92 Å². The molecule has 0 bridgehead atoms. The number of carbonyl (C=O) groups excluding carboxylic acids is 2. The molecule has 0 radical (unpaired) electrons. The molecule has 25 heavy (non-hydrogen) atoms. The lowest BCUT2D eigenvalue weighted by molar-refractivity contribution is -0.137. The number of esters is 1. The Balaban J connectivity index is 1.87. The van der Waals surface area contributed by atoms with Gasteiger partial charge in [0, 0.05) is 6.54 Å². The lowest BCUT2D eigenvalue weighted by atomic mass is 9.89. The zero-order valence-electron chi connectivity index (χ0n) is 14.1. The van der Waals surface area contributed by atoms with Gasteiger partial charge >= 0.3 is 12.1 Å². The van der Waals surface area contributed by atoms with Crippen molar-refractivity contribution < 1.29 is 27.5 Å². The van der Waals surface area contributed by atoms with Crippen molar-refractivity contribution in [2.45, 2.75) is 51.3 Å². The summed E-state index contributed by atoms with van der Waals surface area (Å²) in [6.07, 6.45) is 0.0542. The Morgan fingerprint density at radius 1 is 1.24 bits per heavy atom. The number of ether oxygens (including phenoxy) is 1. The smallest absolute Gasteiger partial charge is 0.416 e. The maximum atomic E-state index is 12.7. The number of halogens is 3. The van der Waals surface area contributed by atoms with Crippen LogP contribution < -0.4 is 5.32 Å². The highest BCUT2D eigenvalue weighted by atomic mass is 19.4. The summed E-state index contributed by atoms with van der Waals surface area (Å²) < 4.78 is 43.0. The summed E-state index contributed by atoms with van der Waals surface area (Å²) in [6.45, 7) is 1.94. The van der Waals surface area contributed by atoms with E-state index in [0.29, 0.717) is 12.5 Å². The average Bonchev–Trinajstić information content (AvgIpc) is 2.59. The second-order valence-electron chi connectivity index (χ2n) is 6.38. The van der Waals surface area contributed by atoms with Gasteiger partial charge in [-0.2, -0.15) is 13.2 Å². The Kier molecular flexibility index (Phi) is 6.45. The third-order valence-corrected chi connectivity index (χ3v) is 4.37. The maximum absolute atomic E-state index is 12.7. The van der Waals surface area contributed by atoms with E-state index in [0.717, 1.165) is 43.9 Å². The van der Waals surface area contributed by atoms with E-state index in [1.54, 1.807) is 0 Å². The molecule has 4 nitrogen and oxygen atoms in total. The van der Waals surface area contributed by atoms with Crippen molar-refractivity contribution in [3.8, 4) is 0 Å². The molecule has 1 aromatic carbocycles. The van der Waals surface area contributed by atoms with Crippen LogP contribution in [0.25, 0.3) is 0 Å². The van der Waals surface area contributed by atoms with E-state index in [-0.39, 0.29) is 5.56 Å². The van der Waals surface area contributed by atoms with Crippen molar-refractivity contribution in [1.82, 2.24) is 5.32 Å². The highest BCUT2D eigenvalue weighted by Crippen LogP contribution is 2.29. The molecule has 0 unspecified atom stereocenters. The van der Waals surface area contributed by atoms with Gasteiger partial charge in [-0.05, 0) is 43.9 Å². The van der Waals surface area contributed by atoms with Crippen LogP contribution in [-0.2, 0) is 15.7 Å². The predicted molar refractivity (Wildman–Crippen MR) is 85.9 cm³/mol. The van der Waals surface area contributed by atoms with Crippen LogP contribution in [0.2, 0.25) is 0 Å². The summed E-state index contributed by atoms with van der Waals surface area (Å²) in [4.78, 5) is 24.0. The summed E-state index contributed by atoms with van der Waals surface area (Å²) in [5.41, 5.74) is -1.17. The molecule has 0 saturated heterocycles. The topological polar surface area (TPSA) is 55.4 Å². The Labute approximate surface area is 144 Å². The Morgan fingerprint density at radius 2 is 1.92 bits per heavy atom. The van der Waals surface area contributed by atoms with E-state index in [9.17, 15) is 22.8 Å². The third kappa shape index (κ3) is 5.76. The fourth-order valence-electron chi connectivity index (χ4n) is 2.88. The zero-order chi connectivity index (χ0) is 18.4. The van der Waals surface area contributed by atoms with Crippen LogP contribution in [0.4, 0.5) is 13.2 Å². The molecule has 1 atom stereocenters. The van der Waals surface area contributed by atoms with Gasteiger partial charge in [0.15, 0.2) is 6.10 Å². The summed E-state index contributed by atoms with van der Waals surface area (Å²) in [6, 6.07) is 3.95. The van der Waals surface area contributed by atoms with Gasteiger partial charge < -0.3 is 10.1 Å². The average molecular weight is 357 g/mol. The van der Waals surface area contributed by atoms with Gasteiger partial charge in [0.2, 0.25) is 0 Å². The van der Waals surface area contributed by atoms with Crippen molar-refractivity contribution in [3.05, 3.63) is 35.4 Å². The van der Waals surface area contributed by atoms with E-state index in [4.69, 9.17) is 4.74 Å². The van der Waals surface area contributed by atoms with E-state index in [2.05, 4.69) is 5.32 Å². The number of hydrogen-bond acceptors (Lipinski definition) is 3. The van der Waals surface area contributed by atoms with Crippen LogP contribution in [0, 0.1) is 5.92 Å². The van der Waals surface area contributed by atoms with Gasteiger partial charge in [-0.3, -0.25) is 4.79 Å². The number of nitrogens with one attached hydrogen (secondary N) is 1. The first-order valence-electron chi connectivity index (χ1n) is 8.43. The first-order valence-corrected chi connectivity index (χ1v) is 8.43.